The molecule has 1 aliphatic rings. The molecule has 1 amide bonds. The first-order chi connectivity index (χ1) is 9.75. The van der Waals surface area contributed by atoms with E-state index in [1.165, 1.54) is 0 Å². The summed E-state index contributed by atoms with van der Waals surface area (Å²) in [6, 6.07) is 16.3. The molecule has 3 rings (SSSR count). The fraction of sp³-hybridized carbons (Fsp3) is 0.167. The van der Waals surface area contributed by atoms with Gasteiger partial charge in [-0.15, -0.1) is 6.58 Å². The number of amides is 1. The molecule has 2 nitrogen and oxygen atoms in total. The maximum atomic E-state index is 12.7. The van der Waals surface area contributed by atoms with E-state index >= 15 is 0 Å². The smallest absolute Gasteiger partial charge is 0.235 e. The van der Waals surface area contributed by atoms with E-state index in [9.17, 15) is 4.79 Å². The number of fused-ring (bicyclic) bond motifs is 3. The summed E-state index contributed by atoms with van der Waals surface area (Å²) >= 11 is 0. The van der Waals surface area contributed by atoms with Crippen LogP contribution >= 0.6 is 0 Å². The molecule has 100 valence electrons. The van der Waals surface area contributed by atoms with E-state index in [1.807, 2.05) is 42.5 Å². The molecule has 0 aliphatic heterocycles. The zero-order chi connectivity index (χ0) is 14.2. The molecule has 1 aliphatic carbocycles. The number of hydrogen-bond donors (Lipinski definition) is 1. The number of carbonyl (C=O) groups excluding carboxylic acids is 1. The minimum atomic E-state index is -0.649. The lowest BCUT2D eigenvalue weighted by Gasteiger charge is -2.28. The van der Waals surface area contributed by atoms with E-state index in [0.717, 1.165) is 22.3 Å². The Morgan fingerprint density at radius 2 is 1.60 bits per heavy atom. The van der Waals surface area contributed by atoms with Gasteiger partial charge in [0.2, 0.25) is 5.91 Å². The van der Waals surface area contributed by atoms with Gasteiger partial charge in [-0.1, -0.05) is 54.6 Å². The molecule has 0 bridgehead atoms. The third-order valence-electron chi connectivity index (χ3n) is 4.13. The van der Waals surface area contributed by atoms with Crippen LogP contribution < -0.4 is 5.32 Å². The van der Waals surface area contributed by atoms with Crippen LogP contribution in [0.2, 0.25) is 0 Å². The lowest BCUT2D eigenvalue weighted by atomic mass is 9.74. The fourth-order valence-corrected chi connectivity index (χ4v) is 3.31. The van der Waals surface area contributed by atoms with Crippen molar-refractivity contribution in [1.82, 2.24) is 5.32 Å². The van der Waals surface area contributed by atoms with Crippen LogP contribution in [0.15, 0.2) is 61.2 Å². The zero-order valence-corrected chi connectivity index (χ0v) is 11.5. The minimum absolute atomic E-state index is 0.0230. The summed E-state index contributed by atoms with van der Waals surface area (Å²) in [5.74, 6) is 0.0230. The predicted molar refractivity (Wildman–Crippen MR) is 81.5 cm³/mol. The van der Waals surface area contributed by atoms with Crippen molar-refractivity contribution in [2.75, 3.05) is 7.05 Å². The summed E-state index contributed by atoms with van der Waals surface area (Å²) in [7, 11) is 1.69. The van der Waals surface area contributed by atoms with Gasteiger partial charge in [0, 0.05) is 7.05 Å². The molecule has 0 saturated heterocycles. The summed E-state index contributed by atoms with van der Waals surface area (Å²) in [4.78, 5) is 12.7. The van der Waals surface area contributed by atoms with Crippen LogP contribution in [0, 0.1) is 0 Å². The third-order valence-corrected chi connectivity index (χ3v) is 4.13. The van der Waals surface area contributed by atoms with E-state index in [4.69, 9.17) is 0 Å². The second-order valence-corrected chi connectivity index (χ2v) is 5.07. The Morgan fingerprint density at radius 3 is 2.05 bits per heavy atom. The Kier molecular flexibility index (Phi) is 2.94. The van der Waals surface area contributed by atoms with Gasteiger partial charge in [-0.05, 0) is 28.7 Å². The Bertz CT molecular complexity index is 642. The SMILES string of the molecule is C=CCC1(C(=O)NC)c2ccccc2-c2ccccc21. The van der Waals surface area contributed by atoms with Gasteiger partial charge in [0.15, 0.2) is 0 Å². The Hall–Kier alpha value is -2.35. The maximum absolute atomic E-state index is 12.7. The van der Waals surface area contributed by atoms with Gasteiger partial charge in [-0.3, -0.25) is 4.79 Å². The first kappa shape index (κ1) is 12.7. The monoisotopic (exact) mass is 263 g/mol. The van der Waals surface area contributed by atoms with E-state index in [1.54, 1.807) is 7.05 Å². The highest BCUT2D eigenvalue weighted by molar-refractivity contribution is 6.00. The van der Waals surface area contributed by atoms with Crippen LogP contribution in [-0.4, -0.2) is 13.0 Å². The van der Waals surface area contributed by atoms with Crippen molar-refractivity contribution >= 4 is 5.91 Å². The molecular weight excluding hydrogens is 246 g/mol. The Labute approximate surface area is 119 Å². The van der Waals surface area contributed by atoms with Crippen molar-refractivity contribution in [1.29, 1.82) is 0 Å². The largest absolute Gasteiger partial charge is 0.358 e. The third kappa shape index (κ3) is 1.48. The first-order valence-electron chi connectivity index (χ1n) is 6.78. The lowest BCUT2D eigenvalue weighted by Crippen LogP contribution is -2.42. The Morgan fingerprint density at radius 1 is 1.10 bits per heavy atom. The molecule has 0 spiro atoms. The summed E-state index contributed by atoms with van der Waals surface area (Å²) < 4.78 is 0. The highest BCUT2D eigenvalue weighted by atomic mass is 16.2. The second-order valence-electron chi connectivity index (χ2n) is 5.07. The first-order valence-corrected chi connectivity index (χ1v) is 6.78. The van der Waals surface area contributed by atoms with Crippen molar-refractivity contribution in [2.24, 2.45) is 0 Å². The van der Waals surface area contributed by atoms with Crippen molar-refractivity contribution < 1.29 is 4.79 Å². The normalized spacial score (nSPS) is 14.2. The summed E-state index contributed by atoms with van der Waals surface area (Å²) in [6.45, 7) is 3.85. The number of allylic oxidation sites excluding steroid dienone is 1. The molecule has 2 heteroatoms. The second kappa shape index (κ2) is 4.64. The number of benzene rings is 2. The molecule has 0 radical (unpaired) electrons. The average molecular weight is 263 g/mol. The number of likely N-dealkylation sites (N-methyl/N-ethyl adjacent to an activating group) is 1. The molecule has 2 aromatic carbocycles. The molecule has 0 unspecified atom stereocenters. The molecule has 2 aromatic rings. The van der Waals surface area contributed by atoms with Gasteiger partial charge in [0.05, 0.1) is 0 Å². The molecule has 0 fully saturated rings. The van der Waals surface area contributed by atoms with Crippen LogP contribution in [0.4, 0.5) is 0 Å². The molecule has 0 aromatic heterocycles. The molecule has 0 heterocycles. The summed E-state index contributed by atoms with van der Waals surface area (Å²) in [5.41, 5.74) is 3.78. The van der Waals surface area contributed by atoms with Crippen LogP contribution in [0.5, 0.6) is 0 Å². The van der Waals surface area contributed by atoms with E-state index < -0.39 is 5.41 Å². The van der Waals surface area contributed by atoms with Crippen LogP contribution in [0.3, 0.4) is 0 Å². The minimum Gasteiger partial charge on any atom is -0.358 e. The van der Waals surface area contributed by atoms with Gasteiger partial charge in [0.1, 0.15) is 5.41 Å². The molecule has 1 N–H and O–H groups in total. The summed E-state index contributed by atoms with van der Waals surface area (Å²) in [5, 5.41) is 2.83. The zero-order valence-electron chi connectivity index (χ0n) is 11.5. The van der Waals surface area contributed by atoms with E-state index in [0.29, 0.717) is 6.42 Å². The predicted octanol–water partition coefficient (Wildman–Crippen LogP) is 3.28. The molecule has 0 atom stereocenters. The number of nitrogens with one attached hydrogen (secondary N) is 1. The Balaban J connectivity index is 2.39. The quantitative estimate of drug-likeness (QED) is 0.846. The number of carbonyl (C=O) groups is 1. The van der Waals surface area contributed by atoms with Crippen LogP contribution in [0.25, 0.3) is 11.1 Å². The summed E-state index contributed by atoms with van der Waals surface area (Å²) in [6.07, 6.45) is 2.43. The van der Waals surface area contributed by atoms with Gasteiger partial charge in [-0.2, -0.15) is 0 Å². The van der Waals surface area contributed by atoms with Crippen molar-refractivity contribution in [3.63, 3.8) is 0 Å². The van der Waals surface area contributed by atoms with Crippen molar-refractivity contribution in [2.45, 2.75) is 11.8 Å². The van der Waals surface area contributed by atoms with E-state index in [2.05, 4.69) is 24.0 Å². The highest BCUT2D eigenvalue weighted by Gasteiger charge is 2.47. The maximum Gasteiger partial charge on any atom is 0.235 e. The van der Waals surface area contributed by atoms with Gasteiger partial charge < -0.3 is 5.32 Å². The van der Waals surface area contributed by atoms with Gasteiger partial charge in [0.25, 0.3) is 0 Å². The standard InChI is InChI=1S/C18H17NO/c1-3-12-18(17(20)19-2)15-10-6-4-8-13(15)14-9-5-7-11-16(14)18/h3-11H,1,12H2,2H3,(H,19,20). The number of hydrogen-bond acceptors (Lipinski definition) is 1. The van der Waals surface area contributed by atoms with Gasteiger partial charge >= 0.3 is 0 Å². The lowest BCUT2D eigenvalue weighted by molar-refractivity contribution is -0.124. The van der Waals surface area contributed by atoms with Crippen LogP contribution in [-0.2, 0) is 10.2 Å². The van der Waals surface area contributed by atoms with Crippen LogP contribution in [0.1, 0.15) is 17.5 Å². The highest BCUT2D eigenvalue weighted by Crippen LogP contribution is 2.50. The van der Waals surface area contributed by atoms with Crippen molar-refractivity contribution in [3.05, 3.63) is 72.3 Å². The topological polar surface area (TPSA) is 29.1 Å². The van der Waals surface area contributed by atoms with Gasteiger partial charge in [-0.25, -0.2) is 0 Å². The fourth-order valence-electron chi connectivity index (χ4n) is 3.31. The molecule has 20 heavy (non-hydrogen) atoms. The average Bonchev–Trinajstić information content (AvgIpc) is 2.79. The molecular formula is C18H17NO. The van der Waals surface area contributed by atoms with Crippen molar-refractivity contribution in [3.8, 4) is 11.1 Å². The van der Waals surface area contributed by atoms with E-state index in [-0.39, 0.29) is 5.91 Å². The number of rotatable bonds is 3. The molecule has 0 saturated carbocycles.